The van der Waals surface area contributed by atoms with E-state index < -0.39 is 15.1 Å². The first kappa shape index (κ1) is 14.4. The van der Waals surface area contributed by atoms with Crippen molar-refractivity contribution in [2.45, 2.75) is 25.0 Å². The molecule has 0 aromatic rings. The van der Waals surface area contributed by atoms with Gasteiger partial charge in [-0.25, -0.2) is 8.42 Å². The Balaban J connectivity index is 2.52. The highest BCUT2D eigenvalue weighted by Crippen LogP contribution is 2.18. The first-order valence-corrected chi connectivity index (χ1v) is 7.94. The zero-order valence-electron chi connectivity index (χ0n) is 10.8. The number of nitrogens with one attached hydrogen (secondary N) is 1. The molecule has 1 saturated heterocycles. The molecule has 1 rings (SSSR count). The Labute approximate surface area is 103 Å². The van der Waals surface area contributed by atoms with Crippen molar-refractivity contribution in [3.8, 4) is 0 Å². The van der Waals surface area contributed by atoms with Crippen LogP contribution in [-0.2, 0) is 14.6 Å². The molecule has 0 spiro atoms. The normalized spacial score (nSPS) is 20.3. The summed E-state index contributed by atoms with van der Waals surface area (Å²) in [5, 5.41) is 2.22. The maximum atomic E-state index is 11.9. The minimum Gasteiger partial charge on any atom is -0.342 e. The van der Waals surface area contributed by atoms with Gasteiger partial charge in [0.2, 0.25) is 5.91 Å². The molecule has 0 aromatic carbocycles. The van der Waals surface area contributed by atoms with E-state index in [4.69, 9.17) is 0 Å². The third-order valence-electron chi connectivity index (χ3n) is 3.41. The van der Waals surface area contributed by atoms with Crippen LogP contribution in [0.3, 0.4) is 0 Å². The number of hydrogen-bond donors (Lipinski definition) is 1. The minimum absolute atomic E-state index is 0.254. The van der Waals surface area contributed by atoms with E-state index >= 15 is 0 Å². The van der Waals surface area contributed by atoms with Gasteiger partial charge >= 0.3 is 0 Å². The number of sulfone groups is 1. The number of rotatable bonds is 4. The molecule has 0 saturated carbocycles. The Bertz CT molecular complexity index is 359. The lowest BCUT2D eigenvalue weighted by Crippen LogP contribution is -2.46. The molecule has 0 aliphatic carbocycles. The van der Waals surface area contributed by atoms with E-state index in [1.807, 2.05) is 7.05 Å². The SMILES string of the molecule is CNCC1CCN(C(=O)C(C)S(C)(=O)=O)CC1. The van der Waals surface area contributed by atoms with Crippen LogP contribution in [0.2, 0.25) is 0 Å². The van der Waals surface area contributed by atoms with Crippen LogP contribution in [0.1, 0.15) is 19.8 Å². The first-order valence-electron chi connectivity index (χ1n) is 5.98. The van der Waals surface area contributed by atoms with Crippen LogP contribution >= 0.6 is 0 Å². The van der Waals surface area contributed by atoms with E-state index in [0.29, 0.717) is 19.0 Å². The third kappa shape index (κ3) is 3.96. The molecule has 1 aliphatic rings. The predicted molar refractivity (Wildman–Crippen MR) is 67.5 cm³/mol. The Morgan fingerprint density at radius 3 is 2.35 bits per heavy atom. The molecule has 100 valence electrons. The van der Waals surface area contributed by atoms with Crippen molar-refractivity contribution in [2.75, 3.05) is 32.9 Å². The second-order valence-electron chi connectivity index (χ2n) is 4.80. The summed E-state index contributed by atoms with van der Waals surface area (Å²) in [4.78, 5) is 13.6. The fourth-order valence-corrected chi connectivity index (χ4v) is 2.60. The van der Waals surface area contributed by atoms with E-state index in [1.54, 1.807) is 4.90 Å². The zero-order valence-corrected chi connectivity index (χ0v) is 11.6. The van der Waals surface area contributed by atoms with Gasteiger partial charge in [-0.15, -0.1) is 0 Å². The Morgan fingerprint density at radius 1 is 1.41 bits per heavy atom. The van der Waals surface area contributed by atoms with Gasteiger partial charge in [0, 0.05) is 19.3 Å². The van der Waals surface area contributed by atoms with Crippen molar-refractivity contribution in [3.05, 3.63) is 0 Å². The molecule has 5 nitrogen and oxygen atoms in total. The summed E-state index contributed by atoms with van der Waals surface area (Å²) in [5.74, 6) is 0.341. The van der Waals surface area contributed by atoms with Gasteiger partial charge in [0.05, 0.1) is 0 Å². The van der Waals surface area contributed by atoms with Gasteiger partial charge in [-0.3, -0.25) is 4.79 Å². The molecule has 1 aliphatic heterocycles. The fraction of sp³-hybridized carbons (Fsp3) is 0.909. The van der Waals surface area contributed by atoms with E-state index in [-0.39, 0.29) is 5.91 Å². The quantitative estimate of drug-likeness (QED) is 0.767. The van der Waals surface area contributed by atoms with Crippen molar-refractivity contribution < 1.29 is 13.2 Å². The van der Waals surface area contributed by atoms with Crippen LogP contribution in [0.4, 0.5) is 0 Å². The Kier molecular flexibility index (Phi) is 4.94. The molecule has 1 atom stereocenters. The smallest absolute Gasteiger partial charge is 0.240 e. The molecule has 1 amide bonds. The van der Waals surface area contributed by atoms with E-state index in [0.717, 1.165) is 25.6 Å². The van der Waals surface area contributed by atoms with Gasteiger partial charge in [0.15, 0.2) is 9.84 Å². The summed E-state index contributed by atoms with van der Waals surface area (Å²) in [7, 11) is -1.36. The van der Waals surface area contributed by atoms with Gasteiger partial charge in [0.1, 0.15) is 5.25 Å². The summed E-state index contributed by atoms with van der Waals surface area (Å²) in [6.07, 6.45) is 3.01. The lowest BCUT2D eigenvalue weighted by atomic mass is 9.97. The molecule has 1 unspecified atom stereocenters. The molecule has 0 radical (unpaired) electrons. The fourth-order valence-electron chi connectivity index (χ4n) is 2.09. The molecular weight excluding hydrogens is 240 g/mol. The zero-order chi connectivity index (χ0) is 13.1. The molecule has 1 heterocycles. The molecule has 1 N–H and O–H groups in total. The van der Waals surface area contributed by atoms with Crippen molar-refractivity contribution in [1.29, 1.82) is 0 Å². The van der Waals surface area contributed by atoms with Crippen molar-refractivity contribution in [2.24, 2.45) is 5.92 Å². The number of likely N-dealkylation sites (tertiary alicyclic amines) is 1. The van der Waals surface area contributed by atoms with Crippen LogP contribution in [0.25, 0.3) is 0 Å². The van der Waals surface area contributed by atoms with Crippen LogP contribution in [0.5, 0.6) is 0 Å². The van der Waals surface area contributed by atoms with Crippen LogP contribution in [-0.4, -0.2) is 57.4 Å². The first-order chi connectivity index (χ1) is 7.86. The van der Waals surface area contributed by atoms with Crippen LogP contribution < -0.4 is 5.32 Å². The lowest BCUT2D eigenvalue weighted by Gasteiger charge is -2.33. The summed E-state index contributed by atoms with van der Waals surface area (Å²) in [6, 6.07) is 0. The number of nitrogens with zero attached hydrogens (tertiary/aromatic N) is 1. The highest BCUT2D eigenvalue weighted by Gasteiger charge is 2.30. The summed E-state index contributed by atoms with van der Waals surface area (Å²) in [6.45, 7) is 3.77. The van der Waals surface area contributed by atoms with Crippen LogP contribution in [0.15, 0.2) is 0 Å². The highest BCUT2D eigenvalue weighted by molar-refractivity contribution is 7.92. The number of carbonyl (C=O) groups excluding carboxylic acids is 1. The topological polar surface area (TPSA) is 66.5 Å². The summed E-state index contributed by atoms with van der Waals surface area (Å²) >= 11 is 0. The lowest BCUT2D eigenvalue weighted by molar-refractivity contribution is -0.131. The second kappa shape index (κ2) is 5.82. The Hall–Kier alpha value is -0.620. The molecular formula is C11H22N2O3S. The molecule has 1 fully saturated rings. The molecule has 0 aromatic heterocycles. The van der Waals surface area contributed by atoms with Gasteiger partial charge < -0.3 is 10.2 Å². The molecule has 17 heavy (non-hydrogen) atoms. The summed E-state index contributed by atoms with van der Waals surface area (Å²) in [5.41, 5.74) is 0. The maximum Gasteiger partial charge on any atom is 0.240 e. The second-order valence-corrected chi connectivity index (χ2v) is 7.16. The average Bonchev–Trinajstić information content (AvgIpc) is 2.27. The van der Waals surface area contributed by atoms with Crippen molar-refractivity contribution >= 4 is 15.7 Å². The number of hydrogen-bond acceptors (Lipinski definition) is 4. The van der Waals surface area contributed by atoms with Gasteiger partial charge in [0.25, 0.3) is 0 Å². The van der Waals surface area contributed by atoms with Gasteiger partial charge in [-0.2, -0.15) is 0 Å². The van der Waals surface area contributed by atoms with E-state index in [9.17, 15) is 13.2 Å². The van der Waals surface area contributed by atoms with E-state index in [1.165, 1.54) is 6.92 Å². The minimum atomic E-state index is -3.28. The monoisotopic (exact) mass is 262 g/mol. The van der Waals surface area contributed by atoms with Crippen molar-refractivity contribution in [3.63, 3.8) is 0 Å². The van der Waals surface area contributed by atoms with E-state index in [2.05, 4.69) is 5.32 Å². The number of amides is 1. The molecule has 0 bridgehead atoms. The Morgan fingerprint density at radius 2 is 1.94 bits per heavy atom. The van der Waals surface area contributed by atoms with Crippen molar-refractivity contribution in [1.82, 2.24) is 10.2 Å². The van der Waals surface area contributed by atoms with Crippen LogP contribution in [0, 0.1) is 5.92 Å². The van der Waals surface area contributed by atoms with Gasteiger partial charge in [-0.1, -0.05) is 0 Å². The van der Waals surface area contributed by atoms with Gasteiger partial charge in [-0.05, 0) is 39.3 Å². The number of carbonyl (C=O) groups is 1. The molecule has 6 heteroatoms. The predicted octanol–water partition coefficient (Wildman–Crippen LogP) is -0.122. The largest absolute Gasteiger partial charge is 0.342 e. The highest BCUT2D eigenvalue weighted by atomic mass is 32.2. The number of piperidine rings is 1. The summed E-state index contributed by atoms with van der Waals surface area (Å²) < 4.78 is 22.6. The standard InChI is InChI=1S/C11H22N2O3S/c1-9(17(3,15)16)11(14)13-6-4-10(5-7-13)8-12-2/h9-10,12H,4-8H2,1-3H3. The third-order valence-corrected chi connectivity index (χ3v) is 4.90. The maximum absolute atomic E-state index is 11.9. The average molecular weight is 262 g/mol.